The number of hydrogen-bond donors (Lipinski definition) is 1. The number of fused-ring (bicyclic) bond motifs is 1. The maximum Gasteiger partial charge on any atom is 0.253 e. The molecule has 1 atom stereocenters. The normalized spacial score (nSPS) is 13.6. The monoisotopic (exact) mass is 464 g/mol. The van der Waals surface area contributed by atoms with Gasteiger partial charge in [-0.3, -0.25) is 9.52 Å². The Labute approximate surface area is 185 Å². The van der Waals surface area contributed by atoms with Crippen molar-refractivity contribution in [3.63, 3.8) is 0 Å². The zero-order chi connectivity index (χ0) is 22.1. The van der Waals surface area contributed by atoms with Crippen LogP contribution < -0.4 is 15.0 Å². The topological polar surface area (TPSA) is 118 Å². The maximum absolute atomic E-state index is 14.2. The van der Waals surface area contributed by atoms with Crippen molar-refractivity contribution in [2.45, 2.75) is 25.7 Å². The molecule has 32 heavy (non-hydrogen) atoms. The number of anilines is 1. The molecule has 2 heterocycles. The molecule has 3 N–H and O–H groups in total. The van der Waals surface area contributed by atoms with E-state index in [-0.39, 0.29) is 28.5 Å². The minimum atomic E-state index is -1.41. The molecule has 4 rings (SSSR count). The molecule has 0 bridgehead atoms. The summed E-state index contributed by atoms with van der Waals surface area (Å²) in [6.07, 6.45) is 7.63. The van der Waals surface area contributed by atoms with Gasteiger partial charge in [0.25, 0.3) is 5.56 Å². The van der Waals surface area contributed by atoms with Gasteiger partial charge in [-0.2, -0.15) is 0 Å². The van der Waals surface area contributed by atoms with Gasteiger partial charge < -0.3 is 14.8 Å². The lowest BCUT2D eigenvalue weighted by atomic mass is 9.88. The Bertz CT molecular complexity index is 1250. The molecule has 170 valence electrons. The first kappa shape index (κ1) is 23.5. The van der Waals surface area contributed by atoms with Crippen molar-refractivity contribution >= 4 is 16.9 Å². The second-order valence-electron chi connectivity index (χ2n) is 7.26. The Balaban J connectivity index is 0.00000289. The molecular formula is C21H22F2N4O4S. The minimum Gasteiger partial charge on any atom is -0.450 e. The van der Waals surface area contributed by atoms with Crippen molar-refractivity contribution in [2.75, 3.05) is 11.0 Å². The van der Waals surface area contributed by atoms with Gasteiger partial charge in [-0.15, -0.1) is 0 Å². The average molecular weight is 464 g/mol. The Kier molecular flexibility index (Phi) is 6.99. The number of rotatable bonds is 5. The van der Waals surface area contributed by atoms with E-state index in [0.717, 1.165) is 36.1 Å². The quantitative estimate of drug-likeness (QED) is 0.623. The van der Waals surface area contributed by atoms with Crippen molar-refractivity contribution in [2.24, 2.45) is 7.05 Å². The molecule has 1 aromatic carbocycles. The van der Waals surface area contributed by atoms with Gasteiger partial charge in [0, 0.05) is 36.7 Å². The molecule has 1 aliphatic rings. The number of hydrogen-bond acceptors (Lipinski definition) is 5. The number of nitrogens with zero attached hydrogens (tertiary/aromatic N) is 3. The predicted octanol–water partition coefficient (Wildman–Crippen LogP) is 2.67. The fourth-order valence-corrected chi connectivity index (χ4v) is 4.03. The highest BCUT2D eigenvalue weighted by Gasteiger charge is 2.23. The van der Waals surface area contributed by atoms with Crippen LogP contribution in [-0.2, 0) is 30.9 Å². The number of pyridine rings is 1. The lowest BCUT2D eigenvalue weighted by Gasteiger charge is -2.21. The summed E-state index contributed by atoms with van der Waals surface area (Å²) in [5.41, 5.74) is 2.49. The first-order chi connectivity index (χ1) is 14.8. The van der Waals surface area contributed by atoms with E-state index in [1.54, 1.807) is 13.2 Å². The summed E-state index contributed by atoms with van der Waals surface area (Å²) < 4.78 is 48.9. The number of aromatic nitrogens is 3. The molecule has 2 aromatic heterocycles. The molecule has 0 saturated carbocycles. The van der Waals surface area contributed by atoms with Gasteiger partial charge in [-0.25, -0.2) is 23.0 Å². The van der Waals surface area contributed by atoms with Gasteiger partial charge in [0.05, 0.1) is 6.20 Å². The summed E-state index contributed by atoms with van der Waals surface area (Å²) >= 11 is 0. The van der Waals surface area contributed by atoms with Crippen LogP contribution in [0, 0.1) is 11.6 Å². The standard InChI is InChI=1S/C21H20F2N4O3S.H2O/c1-27-11-15(13-5-3-4-6-14(13)20(27)28)19-18(10-24-21(25-19)26-31(2)29)30-17-8-7-12(22)9-16(17)23;/h7-11H,3-6H2,1-2H3,(H,24,25,26);1H2. The van der Waals surface area contributed by atoms with Gasteiger partial charge in [-0.05, 0) is 43.4 Å². The Morgan fingerprint density at radius 3 is 2.56 bits per heavy atom. The van der Waals surface area contributed by atoms with Gasteiger partial charge in [0.15, 0.2) is 17.3 Å². The number of aryl methyl sites for hydroxylation is 1. The molecule has 1 unspecified atom stereocenters. The smallest absolute Gasteiger partial charge is 0.253 e. The highest BCUT2D eigenvalue weighted by atomic mass is 32.2. The fourth-order valence-electron chi connectivity index (χ4n) is 3.68. The summed E-state index contributed by atoms with van der Waals surface area (Å²) in [4.78, 5) is 21.2. The van der Waals surface area contributed by atoms with Crippen LogP contribution in [0.1, 0.15) is 24.0 Å². The third kappa shape index (κ3) is 4.68. The zero-order valence-corrected chi connectivity index (χ0v) is 18.3. The van der Waals surface area contributed by atoms with E-state index in [2.05, 4.69) is 14.7 Å². The van der Waals surface area contributed by atoms with E-state index in [9.17, 15) is 17.8 Å². The third-order valence-electron chi connectivity index (χ3n) is 5.05. The highest BCUT2D eigenvalue weighted by Crippen LogP contribution is 2.37. The molecule has 1 aliphatic carbocycles. The van der Waals surface area contributed by atoms with Crippen molar-refractivity contribution in [1.82, 2.24) is 14.5 Å². The van der Waals surface area contributed by atoms with E-state index in [1.165, 1.54) is 23.1 Å². The average Bonchev–Trinajstić information content (AvgIpc) is 2.73. The van der Waals surface area contributed by atoms with Crippen LogP contribution in [0.2, 0.25) is 0 Å². The Hall–Kier alpha value is -3.18. The van der Waals surface area contributed by atoms with E-state index < -0.39 is 22.6 Å². The van der Waals surface area contributed by atoms with E-state index >= 15 is 0 Å². The second kappa shape index (κ2) is 9.53. The number of benzene rings is 1. The SMILES string of the molecule is Cn1cc(-c2nc(NS(C)=O)ncc2Oc2ccc(F)cc2F)c2c(c1=O)CCCC2.O. The second-order valence-corrected chi connectivity index (χ2v) is 8.37. The molecule has 0 spiro atoms. The highest BCUT2D eigenvalue weighted by molar-refractivity contribution is 7.85. The van der Waals surface area contributed by atoms with Crippen LogP contribution in [0.3, 0.4) is 0 Å². The lowest BCUT2D eigenvalue weighted by Crippen LogP contribution is -2.25. The molecule has 0 amide bonds. The maximum atomic E-state index is 14.2. The minimum absolute atomic E-state index is 0. The zero-order valence-electron chi connectivity index (χ0n) is 17.4. The Morgan fingerprint density at radius 1 is 1.16 bits per heavy atom. The summed E-state index contributed by atoms with van der Waals surface area (Å²) in [7, 11) is 0.240. The lowest BCUT2D eigenvalue weighted by molar-refractivity contribution is 0.436. The summed E-state index contributed by atoms with van der Waals surface area (Å²) in [6.45, 7) is 0. The van der Waals surface area contributed by atoms with Gasteiger partial charge >= 0.3 is 0 Å². The van der Waals surface area contributed by atoms with E-state index in [0.29, 0.717) is 24.1 Å². The van der Waals surface area contributed by atoms with Crippen LogP contribution in [0.25, 0.3) is 11.3 Å². The van der Waals surface area contributed by atoms with Crippen molar-refractivity contribution in [1.29, 1.82) is 0 Å². The molecule has 0 aliphatic heterocycles. The summed E-state index contributed by atoms with van der Waals surface area (Å²) in [6, 6.07) is 2.99. The molecule has 8 nitrogen and oxygen atoms in total. The predicted molar refractivity (Wildman–Crippen MR) is 117 cm³/mol. The fraction of sp³-hybridized carbons (Fsp3) is 0.286. The summed E-state index contributed by atoms with van der Waals surface area (Å²) in [5.74, 6) is -1.56. The molecule has 3 aromatic rings. The van der Waals surface area contributed by atoms with Crippen LogP contribution in [0.5, 0.6) is 11.5 Å². The van der Waals surface area contributed by atoms with Crippen LogP contribution in [0.15, 0.2) is 35.4 Å². The first-order valence-electron chi connectivity index (χ1n) is 9.65. The molecular weight excluding hydrogens is 442 g/mol. The van der Waals surface area contributed by atoms with Gasteiger partial charge in [0.2, 0.25) is 5.95 Å². The Morgan fingerprint density at radius 2 is 1.88 bits per heavy atom. The first-order valence-corrected chi connectivity index (χ1v) is 11.2. The van der Waals surface area contributed by atoms with Crippen molar-refractivity contribution in [3.8, 4) is 22.8 Å². The molecule has 0 saturated heterocycles. The largest absolute Gasteiger partial charge is 0.450 e. The molecule has 0 radical (unpaired) electrons. The summed E-state index contributed by atoms with van der Waals surface area (Å²) in [5, 5.41) is 0. The van der Waals surface area contributed by atoms with Crippen LogP contribution >= 0.6 is 0 Å². The molecule has 11 heteroatoms. The van der Waals surface area contributed by atoms with E-state index in [1.807, 2.05) is 0 Å². The third-order valence-corrected chi connectivity index (χ3v) is 5.52. The van der Waals surface area contributed by atoms with Gasteiger partial charge in [-0.1, -0.05) is 0 Å². The van der Waals surface area contributed by atoms with E-state index in [4.69, 9.17) is 4.74 Å². The van der Waals surface area contributed by atoms with Crippen LogP contribution in [0.4, 0.5) is 14.7 Å². The molecule has 0 fully saturated rings. The van der Waals surface area contributed by atoms with Crippen molar-refractivity contribution < 1.29 is 23.2 Å². The van der Waals surface area contributed by atoms with Crippen LogP contribution in [-0.4, -0.2) is 30.5 Å². The number of nitrogens with one attached hydrogen (secondary N) is 1. The number of ether oxygens (including phenoxy) is 1. The van der Waals surface area contributed by atoms with Crippen molar-refractivity contribution in [3.05, 3.63) is 63.7 Å². The number of halogens is 2. The van der Waals surface area contributed by atoms with Gasteiger partial charge in [0.1, 0.15) is 22.5 Å².